The van der Waals surface area contributed by atoms with Crippen LogP contribution in [0.3, 0.4) is 0 Å². The zero-order valence-electron chi connectivity index (χ0n) is 17.0. The van der Waals surface area contributed by atoms with Gasteiger partial charge in [-0.15, -0.1) is 0 Å². The van der Waals surface area contributed by atoms with E-state index >= 15 is 0 Å². The molecule has 1 aliphatic heterocycles. The normalized spacial score (nSPS) is 20.2. The molecule has 3 aromatic rings. The number of anilines is 1. The molecule has 2 bridgehead atoms. The summed E-state index contributed by atoms with van der Waals surface area (Å²) in [6.45, 7) is 1.67. The van der Waals surface area contributed by atoms with Gasteiger partial charge < -0.3 is 19.5 Å². The summed E-state index contributed by atoms with van der Waals surface area (Å²) in [5.41, 5.74) is 7.80. The highest BCUT2D eigenvalue weighted by Crippen LogP contribution is 2.53. The third-order valence-electron chi connectivity index (χ3n) is 4.97. The monoisotopic (exact) mass is 443 g/mol. The molecule has 2 aromatic heterocycles. The van der Waals surface area contributed by atoms with Gasteiger partial charge >= 0.3 is 7.60 Å². The number of hydrogen-bond donors (Lipinski definition) is 1. The summed E-state index contributed by atoms with van der Waals surface area (Å²) >= 11 is 0. The van der Waals surface area contributed by atoms with E-state index in [0.717, 1.165) is 0 Å². The number of nitrogens with two attached hydrogens (primary N) is 1. The van der Waals surface area contributed by atoms with Crippen molar-refractivity contribution in [3.8, 4) is 28.7 Å². The van der Waals surface area contributed by atoms with Crippen LogP contribution in [-0.2, 0) is 22.3 Å². The van der Waals surface area contributed by atoms with Crippen molar-refractivity contribution in [2.75, 3.05) is 12.8 Å². The second kappa shape index (κ2) is 7.69. The van der Waals surface area contributed by atoms with Crippen molar-refractivity contribution in [2.45, 2.75) is 19.2 Å². The average Bonchev–Trinajstić information content (AvgIpc) is 3.04. The number of rotatable bonds is 1. The number of hydrogen-bond acceptors (Lipinski definition) is 8. The van der Waals surface area contributed by atoms with Crippen LogP contribution in [0.25, 0.3) is 11.1 Å². The van der Waals surface area contributed by atoms with Crippen molar-refractivity contribution >= 4 is 13.4 Å². The first-order valence-corrected chi connectivity index (χ1v) is 11.0. The van der Waals surface area contributed by atoms with Gasteiger partial charge in [0, 0.05) is 37.0 Å². The number of nitrogens with zero attached hydrogens (tertiary/aromatic N) is 4. The van der Waals surface area contributed by atoms with Crippen molar-refractivity contribution in [3.63, 3.8) is 0 Å². The first-order valence-electron chi connectivity index (χ1n) is 9.27. The maximum Gasteiger partial charge on any atom is 0.384 e. The van der Waals surface area contributed by atoms with E-state index in [-0.39, 0.29) is 29.2 Å². The van der Waals surface area contributed by atoms with E-state index in [2.05, 4.69) is 16.2 Å². The van der Waals surface area contributed by atoms with Crippen LogP contribution in [0, 0.1) is 17.1 Å². The van der Waals surface area contributed by atoms with E-state index in [4.69, 9.17) is 19.5 Å². The quantitative estimate of drug-likeness (QED) is 0.561. The van der Waals surface area contributed by atoms with Gasteiger partial charge in [-0.1, -0.05) is 0 Å². The molecule has 0 spiro atoms. The highest BCUT2D eigenvalue weighted by molar-refractivity contribution is 7.53. The van der Waals surface area contributed by atoms with Gasteiger partial charge in [0.25, 0.3) is 0 Å². The van der Waals surface area contributed by atoms with E-state index in [1.807, 2.05) is 0 Å². The number of nitrogen functional groups attached to an aromatic ring is 1. The lowest BCUT2D eigenvalue weighted by molar-refractivity contribution is 0.222. The van der Waals surface area contributed by atoms with Crippen LogP contribution < -0.4 is 15.0 Å². The number of pyridine rings is 1. The minimum Gasteiger partial charge on any atom is -0.482 e. The summed E-state index contributed by atoms with van der Waals surface area (Å²) in [5.74, 6) is -0.00422. The Hall–Kier alpha value is -3.41. The molecule has 2 N–H and O–H groups in total. The Morgan fingerprint density at radius 1 is 1.39 bits per heavy atom. The molecule has 2 atom stereocenters. The molecule has 1 aromatic carbocycles. The third-order valence-corrected chi connectivity index (χ3v) is 6.69. The van der Waals surface area contributed by atoms with Crippen LogP contribution in [0.2, 0.25) is 0 Å². The van der Waals surface area contributed by atoms with Crippen molar-refractivity contribution in [2.24, 2.45) is 7.05 Å². The Morgan fingerprint density at radius 3 is 2.87 bits per heavy atom. The summed E-state index contributed by atoms with van der Waals surface area (Å²) in [5, 5.41) is 14.0. The molecule has 0 saturated carbocycles. The maximum atomic E-state index is 14.0. The molecule has 31 heavy (non-hydrogen) atoms. The summed E-state index contributed by atoms with van der Waals surface area (Å²) in [7, 11) is -0.929. The molecule has 1 aliphatic rings. The predicted molar refractivity (Wildman–Crippen MR) is 110 cm³/mol. The SMILES string of the molecule is COP1(=O)Cc2nn(C)c(C#N)c2-c2cnc(N)c(c2)O[C@H](C)c2cc(F)ccc2O1. The Morgan fingerprint density at radius 2 is 2.16 bits per heavy atom. The van der Waals surface area contributed by atoms with E-state index in [1.165, 1.54) is 36.2 Å². The Labute approximate surface area is 177 Å². The number of fused-ring (bicyclic) bond motifs is 5. The molecule has 0 amide bonds. The molecule has 9 nitrogen and oxygen atoms in total. The Balaban J connectivity index is 2.00. The number of halogens is 1. The third kappa shape index (κ3) is 3.74. The molecule has 0 aliphatic carbocycles. The average molecular weight is 443 g/mol. The molecule has 11 heteroatoms. The van der Waals surface area contributed by atoms with Gasteiger partial charge in [0.15, 0.2) is 11.6 Å². The molecule has 160 valence electrons. The van der Waals surface area contributed by atoms with Gasteiger partial charge in [-0.25, -0.2) is 13.9 Å². The van der Waals surface area contributed by atoms with Crippen molar-refractivity contribution < 1.29 is 22.7 Å². The minimum atomic E-state index is -3.79. The van der Waals surface area contributed by atoms with Crippen molar-refractivity contribution in [1.29, 1.82) is 5.26 Å². The second-order valence-corrected chi connectivity index (χ2v) is 9.08. The number of nitriles is 1. The first kappa shape index (κ1) is 20.8. The molecule has 0 fully saturated rings. The fourth-order valence-electron chi connectivity index (χ4n) is 3.45. The highest BCUT2D eigenvalue weighted by Gasteiger charge is 2.33. The fourth-order valence-corrected chi connectivity index (χ4v) is 4.77. The lowest BCUT2D eigenvalue weighted by Gasteiger charge is -2.23. The number of ether oxygens (including phenoxy) is 1. The number of benzene rings is 1. The van der Waals surface area contributed by atoms with Gasteiger partial charge in [-0.3, -0.25) is 4.68 Å². The van der Waals surface area contributed by atoms with E-state index in [0.29, 0.717) is 22.4 Å². The van der Waals surface area contributed by atoms with Gasteiger partial charge in [0.1, 0.15) is 35.6 Å². The Bertz CT molecular complexity index is 1270. The van der Waals surface area contributed by atoms with Gasteiger partial charge in [-0.2, -0.15) is 10.4 Å². The van der Waals surface area contributed by atoms with Gasteiger partial charge in [0.2, 0.25) is 0 Å². The summed E-state index contributed by atoms with van der Waals surface area (Å²) in [6, 6.07) is 7.51. The van der Waals surface area contributed by atoms with Gasteiger partial charge in [-0.05, 0) is 31.2 Å². The molecule has 3 heterocycles. The number of aryl methyl sites for hydroxylation is 1. The van der Waals surface area contributed by atoms with Crippen molar-refractivity contribution in [3.05, 3.63) is 53.2 Å². The van der Waals surface area contributed by atoms with Crippen LogP contribution >= 0.6 is 7.60 Å². The van der Waals surface area contributed by atoms with Crippen LogP contribution in [0.1, 0.15) is 30.0 Å². The highest BCUT2D eigenvalue weighted by atomic mass is 31.2. The molecule has 4 rings (SSSR count). The lowest BCUT2D eigenvalue weighted by Crippen LogP contribution is -2.10. The molecule has 1 unspecified atom stereocenters. The lowest BCUT2D eigenvalue weighted by atomic mass is 10.1. The molecular formula is C20H19FN5O4P. The zero-order valence-corrected chi connectivity index (χ0v) is 17.9. The second-order valence-electron chi connectivity index (χ2n) is 7.00. The van der Waals surface area contributed by atoms with Crippen LogP contribution in [0.5, 0.6) is 11.5 Å². The summed E-state index contributed by atoms with van der Waals surface area (Å²) < 4.78 is 45.9. The standard InChI is InChI=1S/C20H19FN5O4P/c1-11-14-7-13(21)4-5-17(14)30-31(27,28-3)10-15-19(16(8-22)26(2)25-15)12-6-18(29-11)20(23)24-9-12/h4-7,9,11H,10H2,1-3H3,(H2,23,24)/t11-,31?/m1/s1. The zero-order chi connectivity index (χ0) is 22.3. The van der Waals surface area contributed by atoms with E-state index in [9.17, 15) is 14.2 Å². The predicted octanol–water partition coefficient (Wildman–Crippen LogP) is 3.95. The first-order chi connectivity index (χ1) is 14.7. The maximum absolute atomic E-state index is 14.0. The van der Waals surface area contributed by atoms with E-state index < -0.39 is 19.5 Å². The van der Waals surface area contributed by atoms with Crippen molar-refractivity contribution in [1.82, 2.24) is 14.8 Å². The van der Waals surface area contributed by atoms with Crippen LogP contribution in [-0.4, -0.2) is 21.9 Å². The summed E-state index contributed by atoms with van der Waals surface area (Å²) in [6.07, 6.45) is 0.533. The molecular weight excluding hydrogens is 424 g/mol. The van der Waals surface area contributed by atoms with Crippen LogP contribution in [0.4, 0.5) is 10.2 Å². The smallest absolute Gasteiger partial charge is 0.384 e. The number of aromatic nitrogens is 3. The molecule has 0 radical (unpaired) electrons. The largest absolute Gasteiger partial charge is 0.482 e. The fraction of sp³-hybridized carbons (Fsp3) is 0.250. The topological polar surface area (TPSA) is 125 Å². The summed E-state index contributed by atoms with van der Waals surface area (Å²) in [4.78, 5) is 4.18. The van der Waals surface area contributed by atoms with Gasteiger partial charge in [0.05, 0.1) is 5.69 Å². The van der Waals surface area contributed by atoms with Crippen LogP contribution in [0.15, 0.2) is 30.5 Å². The minimum absolute atomic E-state index is 0.123. The molecule has 0 saturated heterocycles. The Kier molecular flexibility index (Phi) is 5.17. The van der Waals surface area contributed by atoms with E-state index in [1.54, 1.807) is 20.0 Å².